The third kappa shape index (κ3) is 3.44. The van der Waals surface area contributed by atoms with Crippen LogP contribution >= 0.6 is 0 Å². The SMILES string of the molecule is CC(=O)OC[N+]1(c2cc(=O)c3cccc(-c4ccccc4)c3o2)CCOCC1. The molecular weight excluding hydrogens is 358 g/mol. The number of carbonyl (C=O) groups excluding carboxylic acids is 1. The number of nitrogens with zero attached hydrogens (tertiary/aromatic N) is 1. The molecule has 0 atom stereocenters. The van der Waals surface area contributed by atoms with Crippen molar-refractivity contribution in [3.63, 3.8) is 0 Å². The van der Waals surface area contributed by atoms with E-state index in [-0.39, 0.29) is 22.6 Å². The summed E-state index contributed by atoms with van der Waals surface area (Å²) in [5, 5.41) is 0.531. The van der Waals surface area contributed by atoms with Crippen molar-refractivity contribution in [2.45, 2.75) is 6.92 Å². The number of para-hydroxylation sites is 1. The van der Waals surface area contributed by atoms with Crippen LogP contribution in [-0.4, -0.2) is 39.0 Å². The van der Waals surface area contributed by atoms with Crippen molar-refractivity contribution in [3.8, 4) is 11.1 Å². The van der Waals surface area contributed by atoms with Crippen molar-refractivity contribution < 1.29 is 18.7 Å². The van der Waals surface area contributed by atoms with E-state index in [4.69, 9.17) is 13.9 Å². The Kier molecular flexibility index (Phi) is 4.98. The summed E-state index contributed by atoms with van der Waals surface area (Å²) < 4.78 is 17.4. The number of benzene rings is 2. The molecule has 144 valence electrons. The van der Waals surface area contributed by atoms with Gasteiger partial charge in [0.1, 0.15) is 13.1 Å². The minimum absolute atomic E-state index is 0.110. The van der Waals surface area contributed by atoms with Gasteiger partial charge >= 0.3 is 11.9 Å². The zero-order chi connectivity index (χ0) is 19.6. The van der Waals surface area contributed by atoms with Gasteiger partial charge in [0.05, 0.1) is 24.7 Å². The summed E-state index contributed by atoms with van der Waals surface area (Å²) in [7, 11) is 0. The summed E-state index contributed by atoms with van der Waals surface area (Å²) in [4.78, 5) is 24.3. The highest BCUT2D eigenvalue weighted by Crippen LogP contribution is 2.32. The maximum atomic E-state index is 12.9. The van der Waals surface area contributed by atoms with Gasteiger partial charge in [0.15, 0.2) is 11.0 Å². The molecule has 0 bridgehead atoms. The lowest BCUT2D eigenvalue weighted by Gasteiger charge is -2.37. The second-order valence-electron chi connectivity index (χ2n) is 6.97. The Labute approximate surface area is 162 Å². The molecule has 0 radical (unpaired) electrons. The fourth-order valence-corrected chi connectivity index (χ4v) is 3.56. The van der Waals surface area contributed by atoms with Crippen molar-refractivity contribution in [3.05, 3.63) is 64.8 Å². The molecule has 1 fully saturated rings. The molecule has 6 nitrogen and oxygen atoms in total. The molecule has 0 saturated carbocycles. The second-order valence-corrected chi connectivity index (χ2v) is 6.97. The Morgan fingerprint density at radius 1 is 1.07 bits per heavy atom. The lowest BCUT2D eigenvalue weighted by Crippen LogP contribution is -2.58. The molecule has 2 aromatic carbocycles. The normalized spacial score (nSPS) is 16.0. The fourth-order valence-electron chi connectivity index (χ4n) is 3.56. The van der Waals surface area contributed by atoms with E-state index in [1.165, 1.54) is 13.0 Å². The monoisotopic (exact) mass is 380 g/mol. The highest BCUT2D eigenvalue weighted by molar-refractivity contribution is 5.92. The minimum atomic E-state index is -0.364. The van der Waals surface area contributed by atoms with Crippen LogP contribution < -0.4 is 9.91 Å². The molecule has 1 aromatic heterocycles. The third-order valence-electron chi connectivity index (χ3n) is 5.14. The first-order valence-electron chi connectivity index (χ1n) is 9.29. The van der Waals surface area contributed by atoms with E-state index in [1.807, 2.05) is 42.5 Å². The summed E-state index contributed by atoms with van der Waals surface area (Å²) in [6.45, 7) is 3.62. The van der Waals surface area contributed by atoms with Gasteiger partial charge in [-0.15, -0.1) is 0 Å². The van der Waals surface area contributed by atoms with Gasteiger partial charge in [-0.1, -0.05) is 42.5 Å². The van der Waals surface area contributed by atoms with Crippen LogP contribution in [0, 0.1) is 0 Å². The Hall–Kier alpha value is -2.96. The zero-order valence-corrected chi connectivity index (χ0v) is 15.7. The standard InChI is InChI=1S/C22H22NO5/c1-16(24)27-15-23(10-12-26-13-11-23)21-14-20(25)19-9-5-8-18(22(19)28-21)17-6-3-2-4-7-17/h2-9,14H,10-13,15H2,1H3/q+1. The van der Waals surface area contributed by atoms with Crippen LogP contribution in [0.4, 0.5) is 5.88 Å². The van der Waals surface area contributed by atoms with Gasteiger partial charge in [-0.05, 0) is 11.6 Å². The highest BCUT2D eigenvalue weighted by atomic mass is 16.6. The first-order chi connectivity index (χ1) is 13.6. The van der Waals surface area contributed by atoms with Crippen molar-refractivity contribution in [2.75, 3.05) is 33.0 Å². The average Bonchev–Trinajstić information content (AvgIpc) is 2.73. The van der Waals surface area contributed by atoms with E-state index in [0.717, 1.165) is 11.1 Å². The molecule has 28 heavy (non-hydrogen) atoms. The smallest absolute Gasteiger partial charge is 0.306 e. The van der Waals surface area contributed by atoms with E-state index in [2.05, 4.69) is 0 Å². The number of morpholine rings is 1. The largest absolute Gasteiger partial charge is 0.415 e. The summed E-state index contributed by atoms with van der Waals surface area (Å²) in [5.41, 5.74) is 2.27. The average molecular weight is 380 g/mol. The predicted octanol–water partition coefficient (Wildman–Crippen LogP) is 3.32. The van der Waals surface area contributed by atoms with Gasteiger partial charge in [0.2, 0.25) is 6.73 Å². The van der Waals surface area contributed by atoms with Crippen LogP contribution in [0.15, 0.2) is 63.8 Å². The quantitative estimate of drug-likeness (QED) is 0.513. The zero-order valence-electron chi connectivity index (χ0n) is 15.7. The van der Waals surface area contributed by atoms with Crippen LogP contribution in [0.5, 0.6) is 0 Å². The minimum Gasteiger partial charge on any atom is -0.415 e. The molecule has 1 aliphatic heterocycles. The molecule has 0 amide bonds. The van der Waals surface area contributed by atoms with Gasteiger partial charge < -0.3 is 13.9 Å². The van der Waals surface area contributed by atoms with Crippen LogP contribution in [0.1, 0.15) is 6.92 Å². The van der Waals surface area contributed by atoms with E-state index in [0.29, 0.717) is 43.2 Å². The molecule has 6 heteroatoms. The number of carbonyl (C=O) groups is 1. The predicted molar refractivity (Wildman–Crippen MR) is 107 cm³/mol. The summed E-state index contributed by atoms with van der Waals surface area (Å²) in [6.07, 6.45) is 0. The van der Waals surface area contributed by atoms with Crippen molar-refractivity contribution >= 4 is 22.8 Å². The van der Waals surface area contributed by atoms with Crippen molar-refractivity contribution in [1.29, 1.82) is 0 Å². The van der Waals surface area contributed by atoms with E-state index in [9.17, 15) is 9.59 Å². The maximum Gasteiger partial charge on any atom is 0.306 e. The van der Waals surface area contributed by atoms with Gasteiger partial charge in [0, 0.05) is 12.5 Å². The van der Waals surface area contributed by atoms with Crippen molar-refractivity contribution in [2.24, 2.45) is 0 Å². The number of fused-ring (bicyclic) bond motifs is 1. The number of rotatable bonds is 4. The van der Waals surface area contributed by atoms with Gasteiger partial charge in [-0.3, -0.25) is 9.59 Å². The molecule has 3 aromatic rings. The summed E-state index contributed by atoms with van der Waals surface area (Å²) in [5.74, 6) is 0.127. The molecule has 4 rings (SSSR count). The Morgan fingerprint density at radius 3 is 2.54 bits per heavy atom. The maximum absolute atomic E-state index is 12.9. The van der Waals surface area contributed by atoms with E-state index < -0.39 is 0 Å². The van der Waals surface area contributed by atoms with E-state index >= 15 is 0 Å². The van der Waals surface area contributed by atoms with E-state index in [1.54, 1.807) is 6.07 Å². The van der Waals surface area contributed by atoms with Gasteiger partial charge in [-0.25, -0.2) is 4.48 Å². The number of esters is 1. The van der Waals surface area contributed by atoms with Crippen LogP contribution in [0.2, 0.25) is 0 Å². The van der Waals surface area contributed by atoms with Crippen molar-refractivity contribution in [1.82, 2.24) is 4.48 Å². The molecule has 0 unspecified atom stereocenters. The molecule has 0 spiro atoms. The molecule has 1 aliphatic rings. The Balaban J connectivity index is 1.89. The Morgan fingerprint density at radius 2 is 1.82 bits per heavy atom. The first kappa shape index (κ1) is 18.4. The molecule has 0 N–H and O–H groups in total. The summed E-state index contributed by atoms with van der Waals surface area (Å²) >= 11 is 0. The lowest BCUT2D eigenvalue weighted by molar-refractivity contribution is -0.147. The number of quaternary nitrogens is 1. The number of ether oxygens (including phenoxy) is 2. The highest BCUT2D eigenvalue weighted by Gasteiger charge is 2.37. The summed E-state index contributed by atoms with van der Waals surface area (Å²) in [6, 6.07) is 16.9. The molecular formula is C22H22NO5+. The topological polar surface area (TPSA) is 65.7 Å². The van der Waals surface area contributed by atoms with Crippen LogP contribution in [-0.2, 0) is 14.3 Å². The number of hydrogen-bond donors (Lipinski definition) is 0. The van der Waals surface area contributed by atoms with Gasteiger partial charge in [-0.2, -0.15) is 0 Å². The Bertz CT molecular complexity index is 1050. The van der Waals surface area contributed by atoms with Gasteiger partial charge in [0.25, 0.3) is 0 Å². The molecule has 2 heterocycles. The fraction of sp³-hybridized carbons (Fsp3) is 0.273. The van der Waals surface area contributed by atoms with Crippen LogP contribution in [0.3, 0.4) is 0 Å². The van der Waals surface area contributed by atoms with Crippen LogP contribution in [0.25, 0.3) is 22.1 Å². The lowest BCUT2D eigenvalue weighted by atomic mass is 10.0. The second kappa shape index (κ2) is 7.58. The molecule has 0 aliphatic carbocycles. The molecule has 1 saturated heterocycles. The first-order valence-corrected chi connectivity index (χ1v) is 9.29. The third-order valence-corrected chi connectivity index (χ3v) is 5.14. The number of hydrogen-bond acceptors (Lipinski definition) is 5.